The van der Waals surface area contributed by atoms with Gasteiger partial charge in [0.1, 0.15) is 71.2 Å². The van der Waals surface area contributed by atoms with Crippen molar-refractivity contribution in [2.45, 2.75) is 81.2 Å². The van der Waals surface area contributed by atoms with Crippen LogP contribution in [-0.4, -0.2) is 124 Å². The number of hydrogen-bond donors (Lipinski definition) is 10. The van der Waals surface area contributed by atoms with Gasteiger partial charge < -0.3 is 86.3 Å². The van der Waals surface area contributed by atoms with E-state index in [-0.39, 0.29) is 100 Å². The third kappa shape index (κ3) is 13.3. The number of nitrogens with two attached hydrogens (primary N) is 1. The lowest BCUT2D eigenvalue weighted by Crippen LogP contribution is -2.59. The molecular weight excluding hydrogens is 1200 g/mol. The van der Waals surface area contributed by atoms with Crippen LogP contribution < -0.4 is 71.4 Å². The molecule has 10 rings (SSSR count). The Labute approximate surface area is 500 Å². The Morgan fingerprint density at radius 3 is 1.89 bits per heavy atom. The fourth-order valence-electron chi connectivity index (χ4n) is 10.1. The number of amides is 7. The van der Waals surface area contributed by atoms with E-state index in [1.165, 1.54) is 107 Å². The van der Waals surface area contributed by atoms with Crippen molar-refractivity contribution in [3.8, 4) is 57.1 Å². The lowest BCUT2D eigenvalue weighted by atomic mass is 9.89. The number of benzene rings is 5. The normalized spacial score (nSPS) is 21.6. The molecule has 85 heavy (non-hydrogen) atoms. The second-order valence-electron chi connectivity index (χ2n) is 20.3. The molecule has 11 bridgehead atoms. The first-order valence-electron chi connectivity index (χ1n) is 26.4. The Bertz CT molecular complexity index is 3480. The summed E-state index contributed by atoms with van der Waals surface area (Å²) in [5.74, 6) is -8.90. The van der Waals surface area contributed by atoms with Gasteiger partial charge in [-0.25, -0.2) is 4.79 Å². The maximum Gasteiger partial charge on any atom is 0.333 e. The van der Waals surface area contributed by atoms with Crippen LogP contribution in [0.15, 0.2) is 83.3 Å². The summed E-state index contributed by atoms with van der Waals surface area (Å²) >= 11 is 10.4. The number of nitrogens with one attached hydrogen (secondary N) is 7. The maximum atomic E-state index is 15.7. The van der Waals surface area contributed by atoms with Gasteiger partial charge in [-0.2, -0.15) is 0 Å². The number of rotatable bonds is 12. The van der Waals surface area contributed by atoms with Gasteiger partial charge in [-0.1, -0.05) is 43.6 Å². The summed E-state index contributed by atoms with van der Waals surface area (Å²) in [7, 11) is 7.94. The third-order valence-electron chi connectivity index (χ3n) is 14.3. The second kappa shape index (κ2) is 26.5. The molecule has 450 valence electrons. The zero-order chi connectivity index (χ0) is 61.7. The van der Waals surface area contributed by atoms with Crippen LogP contribution in [0.1, 0.15) is 84.8 Å². The van der Waals surface area contributed by atoms with Gasteiger partial charge in [-0.05, 0) is 112 Å². The van der Waals surface area contributed by atoms with Crippen LogP contribution >= 0.6 is 27.5 Å². The van der Waals surface area contributed by atoms with Gasteiger partial charge in [0.2, 0.25) is 47.1 Å². The van der Waals surface area contributed by atoms with Crippen LogP contribution in [-0.2, 0) is 43.1 Å². The highest BCUT2D eigenvalue weighted by atomic mass is 79.9. The molecule has 9 atom stereocenters. The number of likely N-dealkylation sites (N-methyl/N-ethyl adjacent to an activating group) is 1. The zero-order valence-electron chi connectivity index (χ0n) is 47.0. The van der Waals surface area contributed by atoms with E-state index >= 15 is 14.4 Å². The van der Waals surface area contributed by atoms with E-state index in [2.05, 4.69) is 53.1 Å². The molecule has 0 saturated heterocycles. The number of halogens is 2. The summed E-state index contributed by atoms with van der Waals surface area (Å²) in [6.07, 6.45) is -4.41. The van der Waals surface area contributed by atoms with Gasteiger partial charge in [-0.15, -0.1) is 0 Å². The van der Waals surface area contributed by atoms with E-state index in [0.29, 0.717) is 6.42 Å². The van der Waals surface area contributed by atoms with E-state index in [1.807, 2.05) is 13.8 Å². The highest BCUT2D eigenvalue weighted by Gasteiger charge is 2.42. The van der Waals surface area contributed by atoms with Crippen molar-refractivity contribution in [1.29, 1.82) is 0 Å². The van der Waals surface area contributed by atoms with Crippen molar-refractivity contribution in [2.24, 2.45) is 11.7 Å². The van der Waals surface area contributed by atoms with E-state index < -0.39 is 108 Å². The number of carbonyl (C=O) groups is 8. The second-order valence-corrected chi connectivity index (χ2v) is 21.6. The first kappa shape index (κ1) is 62.4. The molecule has 5 aromatic rings. The molecule has 0 saturated carbocycles. The fourth-order valence-corrected chi connectivity index (χ4v) is 10.8. The average Bonchev–Trinajstić information content (AvgIpc) is 1.61. The van der Waals surface area contributed by atoms with Crippen LogP contribution in [0.5, 0.6) is 46.0 Å². The van der Waals surface area contributed by atoms with Crippen molar-refractivity contribution in [3.63, 3.8) is 0 Å². The van der Waals surface area contributed by atoms with Crippen LogP contribution in [0.4, 0.5) is 0 Å². The quantitative estimate of drug-likeness (QED) is 0.0794. The van der Waals surface area contributed by atoms with Gasteiger partial charge in [0.25, 0.3) is 0 Å². The molecule has 0 radical (unpaired) electrons. The van der Waals surface area contributed by atoms with Crippen LogP contribution in [0.2, 0.25) is 5.02 Å². The lowest BCUT2D eigenvalue weighted by Gasteiger charge is -2.32. The molecule has 25 nitrogen and oxygen atoms in total. The highest BCUT2D eigenvalue weighted by Crippen LogP contribution is 2.48. The Balaban J connectivity index is 1.39. The predicted molar refractivity (Wildman–Crippen MR) is 307 cm³/mol. The standard InChI is InChI=1S/C58H62BrClN8O17/c1-24(2)15-34(62-3)52(72)67-47-49(70)26-10-13-37(32(59)17-26)84-40-19-28-20-41(51(40)82-7)85-38-14-11-27(18-33(38)60)50(71)48-57(77)66-46(58(78)83-8)31-21-29(79-4)22-39(81-6)43(31)30-16-25(9-12-36(30)80-5)44(54(74)68-48)65-55(75)45(28)64-53(73)35(23-42(61)69)63-56(47)76/h9-14,16-22,24,34-35,44-50,62,70-71H,15,23H2,1-8H3,(H2,61,69)(H,63,76)(H,64,73)(H,65,75)(H,66,77)(H,67,72)(H,68,74)/t34-,35+,44-,45-,46+,47-,48+,49-,50-/m1/s1. The molecule has 0 spiro atoms. The number of fused-ring (bicyclic) bond motifs is 15. The molecule has 0 aromatic heterocycles. The third-order valence-corrected chi connectivity index (χ3v) is 15.3. The van der Waals surface area contributed by atoms with Crippen molar-refractivity contribution < 1.29 is 81.7 Å². The number of hydrogen-bond acceptors (Lipinski definition) is 18. The van der Waals surface area contributed by atoms with Crippen molar-refractivity contribution in [3.05, 3.63) is 116 Å². The highest BCUT2D eigenvalue weighted by molar-refractivity contribution is 9.10. The summed E-state index contributed by atoms with van der Waals surface area (Å²) in [5.41, 5.74) is 5.82. The topological polar surface area (TPSA) is 352 Å². The van der Waals surface area contributed by atoms with Crippen molar-refractivity contribution >= 4 is 74.9 Å². The Kier molecular flexibility index (Phi) is 19.4. The minimum atomic E-state index is -2.02. The first-order valence-corrected chi connectivity index (χ1v) is 27.5. The summed E-state index contributed by atoms with van der Waals surface area (Å²) < 4.78 is 41.5. The molecule has 0 fully saturated rings. The molecule has 27 heteroatoms. The number of methoxy groups -OCH3 is 5. The Morgan fingerprint density at radius 2 is 1.29 bits per heavy atom. The van der Waals surface area contributed by atoms with Gasteiger partial charge in [0.05, 0.1) is 57.5 Å². The molecule has 0 unspecified atom stereocenters. The smallest absolute Gasteiger partial charge is 0.333 e. The minimum Gasteiger partial charge on any atom is -0.497 e. The largest absolute Gasteiger partial charge is 0.497 e. The summed E-state index contributed by atoms with van der Waals surface area (Å²) in [6, 6.07) is 5.67. The van der Waals surface area contributed by atoms with E-state index in [1.54, 1.807) is 7.05 Å². The molecule has 5 heterocycles. The fraction of sp³-hybridized carbons (Fsp3) is 0.345. The molecule has 5 aliphatic heterocycles. The van der Waals surface area contributed by atoms with Gasteiger partial charge in [0, 0.05) is 22.8 Å². The van der Waals surface area contributed by atoms with Gasteiger partial charge >= 0.3 is 5.97 Å². The molecule has 0 aliphatic carbocycles. The predicted octanol–water partition coefficient (Wildman–Crippen LogP) is 3.81. The van der Waals surface area contributed by atoms with Crippen LogP contribution in [0, 0.1) is 5.92 Å². The molecule has 5 aliphatic rings. The van der Waals surface area contributed by atoms with Crippen molar-refractivity contribution in [1.82, 2.24) is 37.2 Å². The van der Waals surface area contributed by atoms with Crippen LogP contribution in [0.25, 0.3) is 11.1 Å². The molecular formula is C58H62BrClN8O17. The number of esters is 1. The average molecular weight is 1260 g/mol. The Hall–Kier alpha value is -8.69. The number of ether oxygens (including phenoxy) is 7. The van der Waals surface area contributed by atoms with Crippen LogP contribution in [0.3, 0.4) is 0 Å². The molecule has 11 N–H and O–H groups in total. The van der Waals surface area contributed by atoms with Crippen molar-refractivity contribution in [2.75, 3.05) is 42.6 Å². The van der Waals surface area contributed by atoms with Gasteiger partial charge in [-0.3, -0.25) is 33.6 Å². The number of primary amides is 1. The van der Waals surface area contributed by atoms with E-state index in [0.717, 1.165) is 7.11 Å². The van der Waals surface area contributed by atoms with E-state index in [9.17, 15) is 34.2 Å². The monoisotopic (exact) mass is 1260 g/mol. The summed E-state index contributed by atoms with van der Waals surface area (Å²) in [5, 5.41) is 42.5. The maximum absolute atomic E-state index is 15.7. The number of carbonyl (C=O) groups excluding carboxylic acids is 8. The lowest BCUT2D eigenvalue weighted by molar-refractivity contribution is -0.146. The SMILES string of the molecule is CN[C@H](CC(C)C)C(=O)N[C@H]1C(=O)N[C@@H](CC(N)=O)C(=O)N[C@H]2C(=O)N[C@H]3C(=O)N[C@H](C(=O)N[C@H](C(=O)OC)c4cc(OC)cc(OC)c4-c4cc3ccc4OC)[C@H](O)c3ccc(c(Cl)c3)Oc3cc2cc(c3OC)Oc2ccc(cc2Br)[C@H]1O. The first-order chi connectivity index (χ1) is 40.5. The zero-order valence-corrected chi connectivity index (χ0v) is 49.4. The Morgan fingerprint density at radius 1 is 0.671 bits per heavy atom. The number of aliphatic hydroxyl groups is 2. The minimum absolute atomic E-state index is 0.000917. The van der Waals surface area contributed by atoms with Gasteiger partial charge in [0.15, 0.2) is 17.5 Å². The number of aliphatic hydroxyl groups excluding tert-OH is 2. The molecule has 7 amide bonds. The summed E-state index contributed by atoms with van der Waals surface area (Å²) in [4.78, 5) is 116. The summed E-state index contributed by atoms with van der Waals surface area (Å²) in [6.45, 7) is 3.76. The van der Waals surface area contributed by atoms with E-state index in [4.69, 9.17) is 50.5 Å². The molecule has 5 aromatic carbocycles.